The Hall–Kier alpha value is -1.39. The molecule has 0 heterocycles. The lowest BCUT2D eigenvalue weighted by atomic mass is 10.0. The second-order valence-corrected chi connectivity index (χ2v) is 3.42. The van der Waals surface area contributed by atoms with Crippen molar-refractivity contribution in [1.82, 2.24) is 0 Å². The Bertz CT molecular complexity index is 322. The average molecular weight is 208 g/mol. The highest BCUT2D eigenvalue weighted by atomic mass is 16.3. The zero-order valence-corrected chi connectivity index (χ0v) is 8.73. The van der Waals surface area contributed by atoms with Gasteiger partial charge in [-0.3, -0.25) is 4.79 Å². The van der Waals surface area contributed by atoms with Gasteiger partial charge < -0.3 is 16.2 Å². The Morgan fingerprint density at radius 1 is 1.47 bits per heavy atom. The highest BCUT2D eigenvalue weighted by Crippen LogP contribution is 2.16. The molecule has 1 amide bonds. The van der Waals surface area contributed by atoms with Gasteiger partial charge in [0.15, 0.2) is 0 Å². The molecule has 1 rings (SSSR count). The Kier molecular flexibility index (Phi) is 4.27. The molecule has 0 saturated carbocycles. The van der Waals surface area contributed by atoms with E-state index in [1.165, 1.54) is 6.92 Å². The number of rotatable bonds is 4. The van der Waals surface area contributed by atoms with Gasteiger partial charge in [-0.1, -0.05) is 12.1 Å². The molecule has 0 bridgehead atoms. The van der Waals surface area contributed by atoms with Crippen LogP contribution >= 0.6 is 0 Å². The summed E-state index contributed by atoms with van der Waals surface area (Å²) in [6.45, 7) is 1.54. The van der Waals surface area contributed by atoms with Crippen molar-refractivity contribution in [3.63, 3.8) is 0 Å². The van der Waals surface area contributed by atoms with Crippen LogP contribution in [0.2, 0.25) is 0 Å². The number of benzene rings is 1. The first-order valence-electron chi connectivity index (χ1n) is 4.87. The molecule has 4 heteroatoms. The smallest absolute Gasteiger partial charge is 0.221 e. The third-order valence-electron chi connectivity index (χ3n) is 2.10. The molecular formula is C11H16N2O2. The van der Waals surface area contributed by atoms with Crippen LogP contribution in [0.5, 0.6) is 0 Å². The summed E-state index contributed by atoms with van der Waals surface area (Å²) in [5.41, 5.74) is 7.52. The summed E-state index contributed by atoms with van der Waals surface area (Å²) in [4.78, 5) is 10.8. The third kappa shape index (κ3) is 3.69. The molecular weight excluding hydrogens is 192 g/mol. The molecule has 4 nitrogen and oxygen atoms in total. The summed E-state index contributed by atoms with van der Waals surface area (Å²) in [7, 11) is 0. The van der Waals surface area contributed by atoms with E-state index in [0.29, 0.717) is 6.42 Å². The first kappa shape index (κ1) is 11.7. The largest absolute Gasteiger partial charge is 0.396 e. The number of anilines is 1. The van der Waals surface area contributed by atoms with Crippen LogP contribution in [-0.4, -0.2) is 17.6 Å². The van der Waals surface area contributed by atoms with Crippen LogP contribution in [0.25, 0.3) is 0 Å². The van der Waals surface area contributed by atoms with E-state index in [-0.39, 0.29) is 18.6 Å². The van der Waals surface area contributed by atoms with E-state index in [0.717, 1.165) is 11.3 Å². The van der Waals surface area contributed by atoms with Crippen molar-refractivity contribution in [2.45, 2.75) is 19.4 Å². The van der Waals surface area contributed by atoms with Crippen LogP contribution < -0.4 is 11.1 Å². The molecule has 1 aromatic carbocycles. The van der Waals surface area contributed by atoms with E-state index >= 15 is 0 Å². The minimum Gasteiger partial charge on any atom is -0.396 e. The number of nitrogens with two attached hydrogens (primary N) is 1. The number of nitrogens with one attached hydrogen (secondary N) is 1. The molecule has 0 fully saturated rings. The van der Waals surface area contributed by atoms with E-state index in [9.17, 15) is 4.79 Å². The molecule has 4 N–H and O–H groups in total. The van der Waals surface area contributed by atoms with E-state index in [2.05, 4.69) is 5.32 Å². The normalized spacial score (nSPS) is 12.2. The van der Waals surface area contributed by atoms with Crippen molar-refractivity contribution in [3.8, 4) is 0 Å². The number of carbonyl (C=O) groups is 1. The Balaban J connectivity index is 2.67. The van der Waals surface area contributed by atoms with Gasteiger partial charge in [-0.15, -0.1) is 0 Å². The van der Waals surface area contributed by atoms with Crippen molar-refractivity contribution in [1.29, 1.82) is 0 Å². The van der Waals surface area contributed by atoms with E-state index < -0.39 is 0 Å². The fourth-order valence-electron chi connectivity index (χ4n) is 1.32. The fraction of sp³-hybridized carbons (Fsp3) is 0.364. The lowest BCUT2D eigenvalue weighted by Gasteiger charge is -2.11. The molecule has 0 saturated heterocycles. The van der Waals surface area contributed by atoms with Crippen LogP contribution in [0.3, 0.4) is 0 Å². The quantitative estimate of drug-likeness (QED) is 0.691. The Morgan fingerprint density at radius 2 is 2.07 bits per heavy atom. The van der Waals surface area contributed by atoms with Crippen molar-refractivity contribution in [2.75, 3.05) is 11.9 Å². The van der Waals surface area contributed by atoms with Crippen LogP contribution in [0, 0.1) is 0 Å². The average Bonchev–Trinajstić information content (AvgIpc) is 2.18. The number of hydrogen-bond acceptors (Lipinski definition) is 3. The van der Waals surface area contributed by atoms with Gasteiger partial charge in [0, 0.05) is 25.3 Å². The van der Waals surface area contributed by atoms with Crippen LogP contribution in [0.4, 0.5) is 5.69 Å². The maximum absolute atomic E-state index is 10.8. The summed E-state index contributed by atoms with van der Waals surface area (Å²) < 4.78 is 0. The molecule has 0 aromatic heterocycles. The lowest BCUT2D eigenvalue weighted by molar-refractivity contribution is -0.114. The third-order valence-corrected chi connectivity index (χ3v) is 2.10. The summed E-state index contributed by atoms with van der Waals surface area (Å²) in [5, 5.41) is 11.4. The van der Waals surface area contributed by atoms with Gasteiger partial charge in [0.2, 0.25) is 5.91 Å². The summed E-state index contributed by atoms with van der Waals surface area (Å²) in [5.74, 6) is -0.0950. The predicted octanol–water partition coefficient (Wildman–Crippen LogP) is 1.03. The minimum atomic E-state index is -0.152. The van der Waals surface area contributed by atoms with Crippen LogP contribution in [0.15, 0.2) is 24.3 Å². The number of aliphatic hydroxyl groups excluding tert-OH is 1. The van der Waals surface area contributed by atoms with Crippen molar-refractivity contribution in [2.24, 2.45) is 5.73 Å². The van der Waals surface area contributed by atoms with Crippen LogP contribution in [0.1, 0.15) is 24.9 Å². The van der Waals surface area contributed by atoms with Crippen molar-refractivity contribution < 1.29 is 9.90 Å². The minimum absolute atomic E-state index is 0.0780. The molecule has 1 aromatic rings. The molecule has 0 spiro atoms. The maximum atomic E-state index is 10.8. The van der Waals surface area contributed by atoms with Crippen molar-refractivity contribution in [3.05, 3.63) is 29.8 Å². The Morgan fingerprint density at radius 3 is 2.53 bits per heavy atom. The molecule has 0 unspecified atom stereocenters. The molecule has 82 valence electrons. The van der Waals surface area contributed by atoms with Gasteiger partial charge in [0.1, 0.15) is 0 Å². The monoisotopic (exact) mass is 208 g/mol. The van der Waals surface area contributed by atoms with Crippen LogP contribution in [-0.2, 0) is 4.79 Å². The Labute approximate surface area is 89.1 Å². The topological polar surface area (TPSA) is 75.4 Å². The highest BCUT2D eigenvalue weighted by Gasteiger charge is 2.04. The number of amides is 1. The first-order valence-corrected chi connectivity index (χ1v) is 4.87. The molecule has 0 aliphatic heterocycles. The summed E-state index contributed by atoms with van der Waals surface area (Å²) in [6, 6.07) is 7.15. The molecule has 15 heavy (non-hydrogen) atoms. The number of hydrogen-bond donors (Lipinski definition) is 3. The summed E-state index contributed by atoms with van der Waals surface area (Å²) in [6.07, 6.45) is 0.541. The van der Waals surface area contributed by atoms with E-state index in [1.54, 1.807) is 12.1 Å². The molecule has 0 aliphatic carbocycles. The van der Waals surface area contributed by atoms with Gasteiger partial charge >= 0.3 is 0 Å². The second kappa shape index (κ2) is 5.48. The molecule has 0 aliphatic rings. The standard InChI is InChI=1S/C11H16N2O2/c1-8(15)13-10-4-2-9(3-5-10)11(12)6-7-14/h2-5,11,14H,6-7,12H2,1H3,(H,13,15)/t11-/m0/s1. The maximum Gasteiger partial charge on any atom is 0.221 e. The lowest BCUT2D eigenvalue weighted by Crippen LogP contribution is -2.12. The van der Waals surface area contributed by atoms with Gasteiger partial charge in [-0.2, -0.15) is 0 Å². The zero-order valence-electron chi connectivity index (χ0n) is 8.73. The van der Waals surface area contributed by atoms with Gasteiger partial charge in [-0.05, 0) is 24.1 Å². The van der Waals surface area contributed by atoms with Crippen molar-refractivity contribution >= 4 is 11.6 Å². The molecule has 0 radical (unpaired) electrons. The first-order chi connectivity index (χ1) is 7.13. The van der Waals surface area contributed by atoms with Gasteiger partial charge in [-0.25, -0.2) is 0 Å². The number of carbonyl (C=O) groups excluding carboxylic acids is 1. The SMILES string of the molecule is CC(=O)Nc1ccc([C@@H](N)CCO)cc1. The fourth-order valence-corrected chi connectivity index (χ4v) is 1.32. The predicted molar refractivity (Wildman–Crippen MR) is 59.4 cm³/mol. The summed E-state index contributed by atoms with van der Waals surface area (Å²) >= 11 is 0. The van der Waals surface area contributed by atoms with E-state index in [1.807, 2.05) is 12.1 Å². The number of aliphatic hydroxyl groups is 1. The zero-order chi connectivity index (χ0) is 11.3. The second-order valence-electron chi connectivity index (χ2n) is 3.42. The van der Waals surface area contributed by atoms with Gasteiger partial charge in [0.25, 0.3) is 0 Å². The highest BCUT2D eigenvalue weighted by molar-refractivity contribution is 5.88. The molecule has 1 atom stereocenters. The van der Waals surface area contributed by atoms with Gasteiger partial charge in [0.05, 0.1) is 0 Å². The van der Waals surface area contributed by atoms with E-state index in [4.69, 9.17) is 10.8 Å².